The van der Waals surface area contributed by atoms with Crippen LogP contribution in [0.4, 0.5) is 5.82 Å². The summed E-state index contributed by atoms with van der Waals surface area (Å²) in [4.78, 5) is 28.7. The molecular weight excluding hydrogens is 522 g/mol. The summed E-state index contributed by atoms with van der Waals surface area (Å²) in [5.41, 5.74) is 1.80. The summed E-state index contributed by atoms with van der Waals surface area (Å²) >= 11 is 0. The van der Waals surface area contributed by atoms with E-state index in [0.717, 1.165) is 67.3 Å². The molecular formula is C31H41N5O5. The van der Waals surface area contributed by atoms with E-state index in [2.05, 4.69) is 19.8 Å². The highest BCUT2D eigenvalue weighted by atomic mass is 16.5. The van der Waals surface area contributed by atoms with E-state index in [1.165, 1.54) is 0 Å². The molecule has 2 aliphatic rings. The van der Waals surface area contributed by atoms with Crippen molar-refractivity contribution in [1.82, 2.24) is 19.8 Å². The SMILES string of the molecule is COc1cc2c(N3CCN(C(=O)Cc4ccc(OC(C)C)cc4)CC3)ncnc2cc1OCCCN1CCOCC1. The third kappa shape index (κ3) is 7.56. The minimum absolute atomic E-state index is 0.123. The Kier molecular flexibility index (Phi) is 9.74. The predicted octanol–water partition coefficient (Wildman–Crippen LogP) is 3.42. The molecule has 0 bridgehead atoms. The zero-order chi connectivity index (χ0) is 28.6. The molecule has 3 heterocycles. The van der Waals surface area contributed by atoms with Gasteiger partial charge in [0.25, 0.3) is 0 Å². The van der Waals surface area contributed by atoms with Crippen LogP contribution in [0, 0.1) is 0 Å². The van der Waals surface area contributed by atoms with Crippen LogP contribution in [0.3, 0.4) is 0 Å². The Balaban J connectivity index is 1.18. The number of benzene rings is 2. The van der Waals surface area contributed by atoms with Gasteiger partial charge in [-0.05, 0) is 44.0 Å². The normalized spacial score (nSPS) is 16.3. The van der Waals surface area contributed by atoms with Crippen molar-refractivity contribution in [3.63, 3.8) is 0 Å². The predicted molar refractivity (Wildman–Crippen MR) is 158 cm³/mol. The molecule has 5 rings (SSSR count). The van der Waals surface area contributed by atoms with E-state index in [-0.39, 0.29) is 12.0 Å². The number of methoxy groups -OCH3 is 1. The van der Waals surface area contributed by atoms with Gasteiger partial charge in [-0.3, -0.25) is 9.69 Å². The second-order valence-electron chi connectivity index (χ2n) is 10.7. The van der Waals surface area contributed by atoms with Crippen LogP contribution in [0.5, 0.6) is 17.2 Å². The molecule has 2 aromatic carbocycles. The fourth-order valence-corrected chi connectivity index (χ4v) is 5.28. The van der Waals surface area contributed by atoms with Crippen molar-refractivity contribution < 1.29 is 23.7 Å². The molecule has 0 aliphatic carbocycles. The average molecular weight is 564 g/mol. The highest BCUT2D eigenvalue weighted by Gasteiger charge is 2.24. The first-order chi connectivity index (χ1) is 20.0. The number of amides is 1. The Morgan fingerprint density at radius 3 is 2.44 bits per heavy atom. The fraction of sp³-hybridized carbons (Fsp3) is 0.516. The van der Waals surface area contributed by atoms with Gasteiger partial charge in [-0.1, -0.05) is 12.1 Å². The van der Waals surface area contributed by atoms with E-state index in [1.807, 2.05) is 55.1 Å². The maximum atomic E-state index is 13.0. The van der Waals surface area contributed by atoms with Crippen molar-refractivity contribution in [3.8, 4) is 17.2 Å². The van der Waals surface area contributed by atoms with E-state index < -0.39 is 0 Å². The minimum Gasteiger partial charge on any atom is -0.493 e. The summed E-state index contributed by atoms with van der Waals surface area (Å²) in [5.74, 6) is 3.15. The Morgan fingerprint density at radius 2 is 1.73 bits per heavy atom. The lowest BCUT2D eigenvalue weighted by Crippen LogP contribution is -2.49. The van der Waals surface area contributed by atoms with Gasteiger partial charge in [0.1, 0.15) is 17.9 Å². The van der Waals surface area contributed by atoms with E-state index in [0.29, 0.717) is 50.7 Å². The number of anilines is 1. The van der Waals surface area contributed by atoms with E-state index >= 15 is 0 Å². The van der Waals surface area contributed by atoms with Crippen LogP contribution < -0.4 is 19.1 Å². The van der Waals surface area contributed by atoms with Gasteiger partial charge in [-0.2, -0.15) is 0 Å². The van der Waals surface area contributed by atoms with Gasteiger partial charge >= 0.3 is 0 Å². The first-order valence-corrected chi connectivity index (χ1v) is 14.5. The number of ether oxygens (including phenoxy) is 4. The average Bonchev–Trinajstić information content (AvgIpc) is 3.00. The van der Waals surface area contributed by atoms with E-state index in [4.69, 9.17) is 18.9 Å². The molecule has 3 aromatic rings. The maximum Gasteiger partial charge on any atom is 0.227 e. The number of hydrogen-bond acceptors (Lipinski definition) is 9. The molecule has 0 N–H and O–H groups in total. The van der Waals surface area contributed by atoms with Gasteiger partial charge in [-0.25, -0.2) is 9.97 Å². The van der Waals surface area contributed by atoms with Crippen molar-refractivity contribution in [1.29, 1.82) is 0 Å². The largest absolute Gasteiger partial charge is 0.493 e. The summed E-state index contributed by atoms with van der Waals surface area (Å²) in [5, 5.41) is 0.911. The van der Waals surface area contributed by atoms with Gasteiger partial charge in [-0.15, -0.1) is 0 Å². The van der Waals surface area contributed by atoms with Crippen LogP contribution in [0.25, 0.3) is 10.9 Å². The van der Waals surface area contributed by atoms with E-state index in [1.54, 1.807) is 13.4 Å². The summed E-state index contributed by atoms with van der Waals surface area (Å²) in [6.45, 7) is 11.8. The molecule has 0 unspecified atom stereocenters. The van der Waals surface area contributed by atoms with E-state index in [9.17, 15) is 4.79 Å². The highest BCUT2D eigenvalue weighted by Crippen LogP contribution is 2.35. The number of rotatable bonds is 11. The van der Waals surface area contributed by atoms with Crippen LogP contribution in [0.2, 0.25) is 0 Å². The van der Waals surface area contributed by atoms with Gasteiger partial charge in [0, 0.05) is 57.3 Å². The zero-order valence-corrected chi connectivity index (χ0v) is 24.4. The molecule has 220 valence electrons. The number of fused-ring (bicyclic) bond motifs is 1. The van der Waals surface area contributed by atoms with Crippen molar-refractivity contribution in [3.05, 3.63) is 48.3 Å². The standard InChI is InChI=1S/C31H41N5O5/c1-23(2)41-25-7-5-24(6-8-25)19-30(37)35-10-12-36(13-11-35)31-26-20-28(38-3)29(21-27(26)32-22-33-31)40-16-4-9-34-14-17-39-18-15-34/h5-8,20-23H,4,9-19H2,1-3H3. The molecule has 0 saturated carbocycles. The van der Waals surface area contributed by atoms with Crippen LogP contribution in [-0.2, 0) is 16.0 Å². The quantitative estimate of drug-likeness (QED) is 0.326. The summed E-state index contributed by atoms with van der Waals surface area (Å²) in [6, 6.07) is 11.7. The molecule has 2 fully saturated rings. The third-order valence-electron chi connectivity index (χ3n) is 7.46. The van der Waals surface area contributed by atoms with Crippen molar-refractivity contribution >= 4 is 22.6 Å². The van der Waals surface area contributed by atoms with Gasteiger partial charge < -0.3 is 28.7 Å². The monoisotopic (exact) mass is 563 g/mol. The Bertz CT molecular complexity index is 1290. The Labute approximate surface area is 242 Å². The summed E-state index contributed by atoms with van der Waals surface area (Å²) in [7, 11) is 1.65. The number of carbonyl (C=O) groups excluding carboxylic acids is 1. The number of aromatic nitrogens is 2. The minimum atomic E-state index is 0.123. The fourth-order valence-electron chi connectivity index (χ4n) is 5.28. The lowest BCUT2D eigenvalue weighted by molar-refractivity contribution is -0.130. The first-order valence-electron chi connectivity index (χ1n) is 14.5. The molecule has 0 atom stereocenters. The molecule has 41 heavy (non-hydrogen) atoms. The van der Waals surface area contributed by atoms with Gasteiger partial charge in [0.2, 0.25) is 5.91 Å². The molecule has 1 aromatic heterocycles. The molecule has 10 heteroatoms. The van der Waals surface area contributed by atoms with Crippen molar-refractivity contribution in [2.45, 2.75) is 32.8 Å². The van der Waals surface area contributed by atoms with Crippen LogP contribution in [0.15, 0.2) is 42.7 Å². The molecule has 2 aliphatic heterocycles. The Hall–Kier alpha value is -3.63. The number of nitrogens with zero attached hydrogens (tertiary/aromatic N) is 5. The van der Waals surface area contributed by atoms with Crippen LogP contribution in [0.1, 0.15) is 25.8 Å². The number of piperazine rings is 1. The third-order valence-corrected chi connectivity index (χ3v) is 7.46. The second kappa shape index (κ2) is 13.8. The summed E-state index contributed by atoms with van der Waals surface area (Å²) in [6.07, 6.45) is 3.02. The number of hydrogen-bond donors (Lipinski definition) is 0. The molecule has 2 saturated heterocycles. The zero-order valence-electron chi connectivity index (χ0n) is 24.4. The number of morpholine rings is 1. The summed E-state index contributed by atoms with van der Waals surface area (Å²) < 4.78 is 22.9. The van der Waals surface area contributed by atoms with Crippen LogP contribution >= 0.6 is 0 Å². The first kappa shape index (κ1) is 28.9. The number of carbonyl (C=O) groups is 1. The maximum absolute atomic E-state index is 13.0. The molecule has 10 nitrogen and oxygen atoms in total. The van der Waals surface area contributed by atoms with Gasteiger partial charge in [0.05, 0.1) is 45.0 Å². The molecule has 0 radical (unpaired) electrons. The molecule has 1 amide bonds. The topological polar surface area (TPSA) is 89.5 Å². The highest BCUT2D eigenvalue weighted by molar-refractivity contribution is 5.92. The lowest BCUT2D eigenvalue weighted by Gasteiger charge is -2.36. The smallest absolute Gasteiger partial charge is 0.227 e. The van der Waals surface area contributed by atoms with Crippen molar-refractivity contribution in [2.75, 3.05) is 77.6 Å². The Morgan fingerprint density at radius 1 is 0.976 bits per heavy atom. The lowest BCUT2D eigenvalue weighted by atomic mass is 10.1. The molecule has 0 spiro atoms. The van der Waals surface area contributed by atoms with Gasteiger partial charge in [0.15, 0.2) is 11.5 Å². The second-order valence-corrected chi connectivity index (χ2v) is 10.7. The van der Waals surface area contributed by atoms with Crippen molar-refractivity contribution in [2.24, 2.45) is 0 Å². The van der Waals surface area contributed by atoms with Crippen LogP contribution in [-0.4, -0.2) is 105 Å².